The van der Waals surface area contributed by atoms with Crippen molar-refractivity contribution in [2.24, 2.45) is 5.92 Å². The van der Waals surface area contributed by atoms with Crippen molar-refractivity contribution in [3.63, 3.8) is 0 Å². The van der Waals surface area contributed by atoms with Crippen LogP contribution < -0.4 is 0 Å². The highest BCUT2D eigenvalue weighted by Gasteiger charge is 2.34. The first-order valence-corrected chi connectivity index (χ1v) is 10.1. The molecule has 1 amide bonds. The van der Waals surface area contributed by atoms with Crippen molar-refractivity contribution >= 4 is 22.8 Å². The maximum Gasteiger partial charge on any atom is 0.280 e. The number of nitrogens with zero attached hydrogens (tertiary/aromatic N) is 6. The van der Waals surface area contributed by atoms with E-state index in [0.717, 1.165) is 6.42 Å². The largest absolute Gasteiger partial charge is 0.440 e. The molecule has 5 rings (SSSR count). The smallest absolute Gasteiger partial charge is 0.280 e. The zero-order valence-electron chi connectivity index (χ0n) is 17.0. The van der Waals surface area contributed by atoms with E-state index in [4.69, 9.17) is 4.42 Å². The van der Waals surface area contributed by atoms with Crippen LogP contribution in [0.1, 0.15) is 53.3 Å². The second-order valence-electron chi connectivity index (χ2n) is 7.89. The zero-order valence-corrected chi connectivity index (χ0v) is 17.0. The molecule has 0 aliphatic carbocycles. The Morgan fingerprint density at radius 3 is 2.94 bits per heavy atom. The van der Waals surface area contributed by atoms with E-state index in [-0.39, 0.29) is 29.2 Å². The summed E-state index contributed by atoms with van der Waals surface area (Å²) in [6.07, 6.45) is -0.696. The van der Waals surface area contributed by atoms with Crippen LogP contribution in [0, 0.1) is 12.8 Å². The molecule has 0 spiro atoms. The third-order valence-corrected chi connectivity index (χ3v) is 5.90. The van der Waals surface area contributed by atoms with Crippen LogP contribution in [-0.4, -0.2) is 48.5 Å². The number of carbonyl (C=O) groups excluding carboxylic acids is 1. The summed E-state index contributed by atoms with van der Waals surface area (Å²) in [6.45, 7) is 4.72. The van der Waals surface area contributed by atoms with Gasteiger partial charge in [-0.2, -0.15) is 10.1 Å². The number of carbonyl (C=O) groups is 1. The van der Waals surface area contributed by atoms with Crippen LogP contribution in [0.2, 0.25) is 0 Å². The highest BCUT2D eigenvalue weighted by atomic mass is 19.3. The van der Waals surface area contributed by atoms with Crippen LogP contribution in [0.15, 0.2) is 35.0 Å². The normalized spacial score (nSPS) is 19.6. The number of amides is 1. The van der Waals surface area contributed by atoms with Crippen molar-refractivity contribution in [3.05, 3.63) is 53.4 Å². The van der Waals surface area contributed by atoms with Crippen molar-refractivity contribution in [2.75, 3.05) is 13.1 Å². The van der Waals surface area contributed by atoms with Crippen LogP contribution in [0.3, 0.4) is 0 Å². The lowest BCUT2D eigenvalue weighted by Gasteiger charge is -2.37. The third kappa shape index (κ3) is 3.31. The van der Waals surface area contributed by atoms with Gasteiger partial charge in [-0.1, -0.05) is 13.0 Å². The molecule has 160 valence electrons. The lowest BCUT2D eigenvalue weighted by molar-refractivity contribution is 0.0666. The molecule has 0 radical (unpaired) electrons. The van der Waals surface area contributed by atoms with Gasteiger partial charge in [-0.15, -0.1) is 0 Å². The van der Waals surface area contributed by atoms with Gasteiger partial charge >= 0.3 is 0 Å². The summed E-state index contributed by atoms with van der Waals surface area (Å²) in [4.78, 5) is 27.3. The number of rotatable bonds is 3. The van der Waals surface area contributed by atoms with Crippen molar-refractivity contribution in [2.45, 2.75) is 32.6 Å². The number of hydrogen-bond acceptors (Lipinski definition) is 6. The Bertz CT molecular complexity index is 1280. The molecule has 8 nitrogen and oxygen atoms in total. The minimum absolute atomic E-state index is 0.130. The van der Waals surface area contributed by atoms with E-state index in [1.54, 1.807) is 30.0 Å². The van der Waals surface area contributed by atoms with E-state index in [0.29, 0.717) is 41.3 Å². The summed E-state index contributed by atoms with van der Waals surface area (Å²) in [7, 11) is 0. The van der Waals surface area contributed by atoms with Gasteiger partial charge in [-0.05, 0) is 30.5 Å². The molecule has 0 N–H and O–H groups in total. The number of para-hydroxylation sites is 1. The quantitative estimate of drug-likeness (QED) is 0.495. The topological polar surface area (TPSA) is 89.4 Å². The Labute approximate surface area is 175 Å². The molecule has 2 atom stereocenters. The molecule has 0 unspecified atom stereocenters. The molecule has 31 heavy (non-hydrogen) atoms. The summed E-state index contributed by atoms with van der Waals surface area (Å²) < 4.78 is 34.0. The number of benzene rings is 1. The number of likely N-dealkylation sites (tertiary alicyclic amines) is 1. The first-order valence-electron chi connectivity index (χ1n) is 10.1. The monoisotopic (exact) mass is 426 g/mol. The maximum absolute atomic E-state index is 13.4. The molecule has 1 saturated heterocycles. The number of aromatic nitrogens is 5. The van der Waals surface area contributed by atoms with Crippen LogP contribution >= 0.6 is 0 Å². The molecule has 3 aromatic heterocycles. The molecular formula is C21H20F2N6O2. The van der Waals surface area contributed by atoms with Gasteiger partial charge in [0.1, 0.15) is 17.5 Å². The SMILES string of the molecule is Cc1nc2cccc(C(=O)N3CC[C@@H](C)[C@H](c4cc(C(F)F)nc5ncnn45)C3)c2o1. The lowest BCUT2D eigenvalue weighted by atomic mass is 9.84. The van der Waals surface area contributed by atoms with Gasteiger partial charge in [0.25, 0.3) is 18.1 Å². The lowest BCUT2D eigenvalue weighted by Crippen LogP contribution is -2.42. The van der Waals surface area contributed by atoms with Crippen LogP contribution in [-0.2, 0) is 0 Å². The van der Waals surface area contributed by atoms with E-state index < -0.39 is 6.43 Å². The summed E-state index contributed by atoms with van der Waals surface area (Å²) in [5.41, 5.74) is 1.78. The van der Waals surface area contributed by atoms with Gasteiger partial charge in [-0.25, -0.2) is 23.3 Å². The van der Waals surface area contributed by atoms with Gasteiger partial charge in [0.05, 0.1) is 11.3 Å². The maximum atomic E-state index is 13.4. The number of aryl methyl sites for hydroxylation is 1. The Morgan fingerprint density at radius 1 is 1.29 bits per heavy atom. The molecule has 1 aromatic carbocycles. The third-order valence-electron chi connectivity index (χ3n) is 5.90. The predicted molar refractivity (Wildman–Crippen MR) is 107 cm³/mol. The summed E-state index contributed by atoms with van der Waals surface area (Å²) in [5.74, 6) is 0.415. The highest BCUT2D eigenvalue weighted by Crippen LogP contribution is 2.34. The molecule has 0 bridgehead atoms. The zero-order chi connectivity index (χ0) is 21.7. The van der Waals surface area contributed by atoms with E-state index in [1.165, 1.54) is 16.9 Å². The molecule has 4 heterocycles. The second kappa shape index (κ2) is 7.36. The van der Waals surface area contributed by atoms with Gasteiger partial charge in [0.15, 0.2) is 11.5 Å². The van der Waals surface area contributed by atoms with Gasteiger partial charge < -0.3 is 9.32 Å². The number of halogens is 2. The fraction of sp³-hybridized carbons (Fsp3) is 0.381. The van der Waals surface area contributed by atoms with Crippen molar-refractivity contribution < 1.29 is 18.0 Å². The first kappa shape index (κ1) is 19.5. The number of fused-ring (bicyclic) bond motifs is 2. The standard InChI is InChI=1S/C21H20F2N6O2/c1-11-6-7-28(20(30)13-4-3-5-15-18(13)31-12(2)26-15)9-14(11)17-8-16(19(22)23)27-21-24-10-25-29(17)21/h3-5,8,10-11,14,19H,6-7,9H2,1-2H3/t11-,14-/m1/s1. The average Bonchev–Trinajstić information content (AvgIpc) is 3.38. The molecular weight excluding hydrogens is 406 g/mol. The predicted octanol–water partition coefficient (Wildman–Crippen LogP) is 3.78. The molecule has 10 heteroatoms. The average molecular weight is 426 g/mol. The van der Waals surface area contributed by atoms with Crippen LogP contribution in [0.25, 0.3) is 16.9 Å². The first-order chi connectivity index (χ1) is 14.9. The molecule has 1 aliphatic rings. The van der Waals surface area contributed by atoms with Gasteiger partial charge in [0.2, 0.25) is 0 Å². The fourth-order valence-corrected chi connectivity index (χ4v) is 4.27. The highest BCUT2D eigenvalue weighted by molar-refractivity contribution is 6.04. The summed E-state index contributed by atoms with van der Waals surface area (Å²) in [6, 6.07) is 6.67. The summed E-state index contributed by atoms with van der Waals surface area (Å²) >= 11 is 0. The number of piperidine rings is 1. The second-order valence-corrected chi connectivity index (χ2v) is 7.89. The number of alkyl halides is 2. The summed E-state index contributed by atoms with van der Waals surface area (Å²) in [5, 5.41) is 4.17. The van der Waals surface area contributed by atoms with E-state index in [9.17, 15) is 13.6 Å². The number of hydrogen-bond donors (Lipinski definition) is 0. The van der Waals surface area contributed by atoms with E-state index in [1.807, 2.05) is 0 Å². The number of oxazole rings is 1. The van der Waals surface area contributed by atoms with Gasteiger partial charge in [0, 0.05) is 25.9 Å². The van der Waals surface area contributed by atoms with Crippen LogP contribution in [0.4, 0.5) is 8.78 Å². The van der Waals surface area contributed by atoms with Crippen molar-refractivity contribution in [3.8, 4) is 0 Å². The molecule has 1 fully saturated rings. The van der Waals surface area contributed by atoms with Crippen molar-refractivity contribution in [1.29, 1.82) is 0 Å². The molecule has 0 saturated carbocycles. The fourth-order valence-electron chi connectivity index (χ4n) is 4.27. The Kier molecular flexibility index (Phi) is 4.64. The minimum atomic E-state index is -2.72. The Morgan fingerprint density at radius 2 is 2.13 bits per heavy atom. The van der Waals surface area contributed by atoms with E-state index in [2.05, 4.69) is 27.0 Å². The molecule has 1 aliphatic heterocycles. The van der Waals surface area contributed by atoms with Gasteiger partial charge in [-0.3, -0.25) is 4.79 Å². The van der Waals surface area contributed by atoms with Crippen molar-refractivity contribution in [1.82, 2.24) is 29.5 Å². The minimum Gasteiger partial charge on any atom is -0.440 e. The molecule has 4 aromatic rings. The van der Waals surface area contributed by atoms with Crippen LogP contribution in [0.5, 0.6) is 0 Å². The van der Waals surface area contributed by atoms with E-state index >= 15 is 0 Å². The Hall–Kier alpha value is -3.43. The Balaban J connectivity index is 1.52.